The molecule has 0 atom stereocenters. The van der Waals surface area contributed by atoms with Crippen LogP contribution < -0.4 is 5.32 Å². The molecule has 1 aliphatic heterocycles. The Morgan fingerprint density at radius 3 is 2.71 bits per heavy atom. The van der Waals surface area contributed by atoms with Crippen LogP contribution in [0.4, 0.5) is 5.69 Å². The molecule has 1 aromatic heterocycles. The van der Waals surface area contributed by atoms with Gasteiger partial charge in [0.25, 0.3) is 5.91 Å². The fraction of sp³-hybridized carbons (Fsp3) is 0.188. The summed E-state index contributed by atoms with van der Waals surface area (Å²) in [5.74, 6) is -0.0432. The van der Waals surface area contributed by atoms with E-state index in [1.165, 1.54) is 4.88 Å². The second-order valence-electron chi connectivity index (χ2n) is 4.88. The Morgan fingerprint density at radius 2 is 2.05 bits per heavy atom. The van der Waals surface area contributed by atoms with Gasteiger partial charge in [-0.05, 0) is 59.1 Å². The van der Waals surface area contributed by atoms with E-state index in [0.717, 1.165) is 42.6 Å². The number of hydrogen-bond donors (Lipinski definition) is 1. The SMILES string of the molecule is CCc1ccc(C=C2C(=O)Nc3c(Br)cc(Br)c(C)c32)s1. The number of fused-ring (bicyclic) bond motifs is 1. The first-order valence-electron chi connectivity index (χ1n) is 6.62. The second kappa shape index (κ2) is 5.71. The molecule has 1 aliphatic rings. The van der Waals surface area contributed by atoms with Gasteiger partial charge in [0.15, 0.2) is 0 Å². The minimum Gasteiger partial charge on any atom is -0.320 e. The van der Waals surface area contributed by atoms with Crippen molar-refractivity contribution in [3.63, 3.8) is 0 Å². The standard InChI is InChI=1S/C16H13Br2NOS/c1-3-9-4-5-10(21-9)6-11-14-8(2)12(17)7-13(18)15(14)19-16(11)20/h4-7H,3H2,1-2H3,(H,19,20). The van der Waals surface area contributed by atoms with Crippen molar-refractivity contribution in [1.82, 2.24) is 0 Å². The first-order chi connectivity index (χ1) is 10.0. The third-order valence-corrected chi connectivity index (χ3v) is 6.17. The number of halogens is 2. The molecule has 108 valence electrons. The molecule has 0 saturated heterocycles. The number of anilines is 1. The molecule has 0 saturated carbocycles. The smallest absolute Gasteiger partial charge is 0.256 e. The molecule has 0 unspecified atom stereocenters. The van der Waals surface area contributed by atoms with Crippen LogP contribution in [-0.2, 0) is 11.2 Å². The molecule has 0 spiro atoms. The van der Waals surface area contributed by atoms with Gasteiger partial charge < -0.3 is 5.32 Å². The van der Waals surface area contributed by atoms with Crippen molar-refractivity contribution < 1.29 is 4.79 Å². The first-order valence-corrected chi connectivity index (χ1v) is 9.02. The number of amides is 1. The molecule has 5 heteroatoms. The van der Waals surface area contributed by atoms with E-state index in [1.807, 2.05) is 19.1 Å². The maximum Gasteiger partial charge on any atom is 0.256 e. The number of nitrogens with one attached hydrogen (secondary N) is 1. The van der Waals surface area contributed by atoms with Crippen molar-refractivity contribution in [2.45, 2.75) is 20.3 Å². The molecule has 21 heavy (non-hydrogen) atoms. The molecular formula is C16H13Br2NOS. The maximum atomic E-state index is 12.3. The quantitative estimate of drug-likeness (QED) is 0.618. The van der Waals surface area contributed by atoms with Crippen LogP contribution in [0.25, 0.3) is 11.6 Å². The predicted octanol–water partition coefficient (Wildman–Crippen LogP) is 5.64. The third kappa shape index (κ3) is 2.62. The van der Waals surface area contributed by atoms with Crippen LogP contribution in [0, 0.1) is 6.92 Å². The molecular weight excluding hydrogens is 414 g/mol. The largest absolute Gasteiger partial charge is 0.320 e. The molecule has 2 heterocycles. The molecule has 0 radical (unpaired) electrons. The summed E-state index contributed by atoms with van der Waals surface area (Å²) in [6, 6.07) is 6.16. The predicted molar refractivity (Wildman–Crippen MR) is 96.8 cm³/mol. The monoisotopic (exact) mass is 425 g/mol. The second-order valence-corrected chi connectivity index (χ2v) is 7.79. The van der Waals surface area contributed by atoms with E-state index >= 15 is 0 Å². The number of benzene rings is 1. The topological polar surface area (TPSA) is 29.1 Å². The molecule has 0 bridgehead atoms. The van der Waals surface area contributed by atoms with Crippen molar-refractivity contribution in [1.29, 1.82) is 0 Å². The molecule has 1 N–H and O–H groups in total. The molecule has 3 rings (SSSR count). The number of carbonyl (C=O) groups excluding carboxylic acids is 1. The van der Waals surface area contributed by atoms with Gasteiger partial charge in [-0.3, -0.25) is 4.79 Å². The van der Waals surface area contributed by atoms with Gasteiger partial charge in [0.05, 0.1) is 11.3 Å². The van der Waals surface area contributed by atoms with Crippen molar-refractivity contribution in [3.05, 3.63) is 48.0 Å². The van der Waals surface area contributed by atoms with Crippen molar-refractivity contribution in [3.8, 4) is 0 Å². The Morgan fingerprint density at radius 1 is 1.29 bits per heavy atom. The third-order valence-electron chi connectivity index (χ3n) is 3.55. The lowest BCUT2D eigenvalue weighted by Gasteiger charge is -2.08. The number of rotatable bonds is 2. The Hall–Kier alpha value is -0.910. The Kier molecular flexibility index (Phi) is 4.08. The van der Waals surface area contributed by atoms with Crippen LogP contribution >= 0.6 is 43.2 Å². The summed E-state index contributed by atoms with van der Waals surface area (Å²) in [5, 5.41) is 2.95. The van der Waals surface area contributed by atoms with Gasteiger partial charge in [0.2, 0.25) is 0 Å². The Balaban J connectivity index is 2.16. The van der Waals surface area contributed by atoms with E-state index in [1.54, 1.807) is 11.3 Å². The van der Waals surface area contributed by atoms with E-state index < -0.39 is 0 Å². The van der Waals surface area contributed by atoms with Gasteiger partial charge >= 0.3 is 0 Å². The van der Waals surface area contributed by atoms with E-state index in [9.17, 15) is 4.79 Å². The van der Waals surface area contributed by atoms with E-state index in [-0.39, 0.29) is 5.91 Å². The fourth-order valence-electron chi connectivity index (χ4n) is 2.41. The van der Waals surface area contributed by atoms with Crippen LogP contribution in [0.3, 0.4) is 0 Å². The summed E-state index contributed by atoms with van der Waals surface area (Å²) in [5.41, 5.74) is 3.64. The number of aryl methyl sites for hydroxylation is 1. The lowest BCUT2D eigenvalue weighted by molar-refractivity contribution is -0.110. The van der Waals surface area contributed by atoms with Crippen LogP contribution in [-0.4, -0.2) is 5.91 Å². The van der Waals surface area contributed by atoms with Crippen LogP contribution in [0.15, 0.2) is 27.1 Å². The van der Waals surface area contributed by atoms with Gasteiger partial charge in [-0.15, -0.1) is 11.3 Å². The number of thiophene rings is 1. The summed E-state index contributed by atoms with van der Waals surface area (Å²) < 4.78 is 1.89. The van der Waals surface area contributed by atoms with Gasteiger partial charge in [-0.25, -0.2) is 0 Å². The lowest BCUT2D eigenvalue weighted by atomic mass is 10.0. The molecule has 1 amide bonds. The van der Waals surface area contributed by atoms with Crippen LogP contribution in [0.1, 0.15) is 27.8 Å². The van der Waals surface area contributed by atoms with Crippen LogP contribution in [0.2, 0.25) is 0 Å². The highest BCUT2D eigenvalue weighted by Crippen LogP contribution is 2.43. The van der Waals surface area contributed by atoms with E-state index in [2.05, 4.69) is 56.2 Å². The fourth-order valence-corrected chi connectivity index (χ4v) is 4.57. The highest BCUT2D eigenvalue weighted by molar-refractivity contribution is 9.11. The maximum absolute atomic E-state index is 12.3. The van der Waals surface area contributed by atoms with Crippen molar-refractivity contribution in [2.24, 2.45) is 0 Å². The highest BCUT2D eigenvalue weighted by Gasteiger charge is 2.29. The summed E-state index contributed by atoms with van der Waals surface area (Å²) in [4.78, 5) is 14.8. The zero-order valence-electron chi connectivity index (χ0n) is 11.6. The average Bonchev–Trinajstić information content (AvgIpc) is 3.03. The molecule has 0 aliphatic carbocycles. The summed E-state index contributed by atoms with van der Waals surface area (Å²) in [6.07, 6.45) is 3.00. The molecule has 2 nitrogen and oxygen atoms in total. The summed E-state index contributed by atoms with van der Waals surface area (Å²) in [7, 11) is 0. The zero-order valence-corrected chi connectivity index (χ0v) is 15.6. The van der Waals surface area contributed by atoms with Crippen molar-refractivity contribution in [2.75, 3.05) is 5.32 Å². The molecule has 2 aromatic rings. The Labute approximate surface area is 144 Å². The van der Waals surface area contributed by atoms with E-state index in [0.29, 0.717) is 0 Å². The normalized spacial score (nSPS) is 15.4. The number of hydrogen-bond acceptors (Lipinski definition) is 2. The summed E-state index contributed by atoms with van der Waals surface area (Å²) >= 11 is 8.80. The number of carbonyl (C=O) groups is 1. The van der Waals surface area contributed by atoms with Gasteiger partial charge in [0, 0.05) is 24.3 Å². The minimum atomic E-state index is -0.0432. The lowest BCUT2D eigenvalue weighted by Crippen LogP contribution is -2.03. The summed E-state index contributed by atoms with van der Waals surface area (Å²) in [6.45, 7) is 4.16. The first kappa shape index (κ1) is 15.0. The van der Waals surface area contributed by atoms with Gasteiger partial charge in [-0.2, -0.15) is 0 Å². The highest BCUT2D eigenvalue weighted by atomic mass is 79.9. The average molecular weight is 427 g/mol. The molecule has 0 fully saturated rings. The van der Waals surface area contributed by atoms with E-state index in [4.69, 9.17) is 0 Å². The minimum absolute atomic E-state index is 0.0432. The Bertz CT molecular complexity index is 777. The van der Waals surface area contributed by atoms with Gasteiger partial charge in [0.1, 0.15) is 0 Å². The van der Waals surface area contributed by atoms with Crippen LogP contribution in [0.5, 0.6) is 0 Å². The van der Waals surface area contributed by atoms with Gasteiger partial charge in [-0.1, -0.05) is 22.9 Å². The van der Waals surface area contributed by atoms with Crippen molar-refractivity contribution >= 4 is 66.4 Å². The molecule has 1 aromatic carbocycles. The zero-order chi connectivity index (χ0) is 15.1.